The standard InChI is InChI=1S/C13H24N2O4/c1-2-15-9-5-3-7-11(15)13(16)19-14-18-12-8-4-6-10-17-12/h11-12,14H,2-10H2,1H3/t11-,12+/m0/s1. The Bertz CT molecular complexity index is 282. The molecule has 2 aliphatic rings. The van der Waals surface area contributed by atoms with Gasteiger partial charge in [-0.1, -0.05) is 13.3 Å². The third kappa shape index (κ3) is 4.42. The van der Waals surface area contributed by atoms with Crippen LogP contribution in [-0.4, -0.2) is 42.9 Å². The smallest absolute Gasteiger partial charge is 0.344 e. The molecule has 0 aliphatic carbocycles. The minimum atomic E-state index is -0.310. The maximum Gasteiger partial charge on any atom is 0.344 e. The lowest BCUT2D eigenvalue weighted by atomic mass is 10.0. The SMILES string of the molecule is CCN1CCCC[C@H]1C(=O)ONO[C@@H]1CCCCO1. The van der Waals surface area contributed by atoms with Crippen LogP contribution in [0.5, 0.6) is 0 Å². The molecule has 0 bridgehead atoms. The molecule has 2 rings (SSSR count). The molecule has 110 valence electrons. The summed E-state index contributed by atoms with van der Waals surface area (Å²) in [6.45, 7) is 4.59. The van der Waals surface area contributed by atoms with Crippen LogP contribution in [0, 0.1) is 0 Å². The molecule has 0 aromatic rings. The van der Waals surface area contributed by atoms with Gasteiger partial charge in [0.05, 0.1) is 0 Å². The van der Waals surface area contributed by atoms with Gasteiger partial charge in [0.25, 0.3) is 0 Å². The van der Waals surface area contributed by atoms with Crippen LogP contribution < -0.4 is 5.64 Å². The predicted octanol–water partition coefficient (Wildman–Crippen LogP) is 1.37. The van der Waals surface area contributed by atoms with E-state index >= 15 is 0 Å². The number of nitrogens with zero attached hydrogens (tertiary/aromatic N) is 1. The Hall–Kier alpha value is -0.690. The number of carbonyl (C=O) groups is 1. The summed E-state index contributed by atoms with van der Waals surface area (Å²) < 4.78 is 5.36. The van der Waals surface area contributed by atoms with Crippen LogP contribution in [0.25, 0.3) is 0 Å². The Labute approximate surface area is 114 Å². The summed E-state index contributed by atoms with van der Waals surface area (Å²) in [5.41, 5.74) is 2.30. The van der Waals surface area contributed by atoms with E-state index < -0.39 is 0 Å². The van der Waals surface area contributed by atoms with Crippen molar-refractivity contribution in [3.63, 3.8) is 0 Å². The number of ether oxygens (including phenoxy) is 1. The molecule has 6 nitrogen and oxygen atoms in total. The minimum absolute atomic E-state index is 0.151. The Morgan fingerprint density at radius 3 is 2.89 bits per heavy atom. The molecule has 0 radical (unpaired) electrons. The van der Waals surface area contributed by atoms with Crippen molar-refractivity contribution in [2.75, 3.05) is 19.7 Å². The van der Waals surface area contributed by atoms with Gasteiger partial charge in [-0.15, -0.1) is 0 Å². The summed E-state index contributed by atoms with van der Waals surface area (Å²) in [4.78, 5) is 24.3. The number of hydrogen-bond donors (Lipinski definition) is 1. The fourth-order valence-corrected chi connectivity index (χ4v) is 2.63. The van der Waals surface area contributed by atoms with E-state index in [4.69, 9.17) is 14.4 Å². The van der Waals surface area contributed by atoms with E-state index in [2.05, 4.69) is 17.5 Å². The lowest BCUT2D eigenvalue weighted by molar-refractivity contribution is -0.270. The second-order valence-corrected chi connectivity index (χ2v) is 5.06. The molecule has 0 aromatic heterocycles. The van der Waals surface area contributed by atoms with Crippen molar-refractivity contribution in [1.82, 2.24) is 10.5 Å². The molecule has 0 spiro atoms. The molecule has 2 aliphatic heterocycles. The molecule has 2 atom stereocenters. The van der Waals surface area contributed by atoms with E-state index in [1.165, 1.54) is 0 Å². The Morgan fingerprint density at radius 2 is 2.16 bits per heavy atom. The van der Waals surface area contributed by atoms with Crippen LogP contribution in [0.4, 0.5) is 0 Å². The van der Waals surface area contributed by atoms with E-state index in [-0.39, 0.29) is 18.3 Å². The fourth-order valence-electron chi connectivity index (χ4n) is 2.63. The van der Waals surface area contributed by atoms with Crippen molar-refractivity contribution >= 4 is 5.97 Å². The monoisotopic (exact) mass is 272 g/mol. The Morgan fingerprint density at radius 1 is 1.32 bits per heavy atom. The quantitative estimate of drug-likeness (QED) is 0.763. The van der Waals surface area contributed by atoms with Gasteiger partial charge < -0.3 is 9.57 Å². The zero-order valence-electron chi connectivity index (χ0n) is 11.6. The first kappa shape index (κ1) is 14.7. The van der Waals surface area contributed by atoms with Gasteiger partial charge in [0, 0.05) is 13.0 Å². The minimum Gasteiger partial charge on any atom is -0.351 e. The highest BCUT2D eigenvalue weighted by molar-refractivity contribution is 5.75. The molecule has 2 heterocycles. The topological polar surface area (TPSA) is 60.0 Å². The molecule has 0 aromatic carbocycles. The van der Waals surface area contributed by atoms with Crippen molar-refractivity contribution in [2.24, 2.45) is 0 Å². The van der Waals surface area contributed by atoms with Crippen molar-refractivity contribution in [1.29, 1.82) is 0 Å². The normalized spacial score (nSPS) is 29.1. The third-order valence-electron chi connectivity index (χ3n) is 3.75. The average molecular weight is 272 g/mol. The highest BCUT2D eigenvalue weighted by Gasteiger charge is 2.29. The zero-order chi connectivity index (χ0) is 13.5. The van der Waals surface area contributed by atoms with Crippen molar-refractivity contribution in [3.05, 3.63) is 0 Å². The van der Waals surface area contributed by atoms with Crippen molar-refractivity contribution in [2.45, 2.75) is 57.8 Å². The fraction of sp³-hybridized carbons (Fsp3) is 0.923. The molecule has 6 heteroatoms. The molecule has 0 unspecified atom stereocenters. The van der Waals surface area contributed by atoms with Crippen LogP contribution in [0.1, 0.15) is 45.4 Å². The molecule has 1 N–H and O–H groups in total. The Balaban J connectivity index is 1.67. The van der Waals surface area contributed by atoms with Gasteiger partial charge >= 0.3 is 5.97 Å². The van der Waals surface area contributed by atoms with Crippen LogP contribution >= 0.6 is 0 Å². The maximum atomic E-state index is 12.0. The zero-order valence-corrected chi connectivity index (χ0v) is 11.6. The van der Waals surface area contributed by atoms with Crippen LogP contribution in [0.2, 0.25) is 0 Å². The second-order valence-electron chi connectivity index (χ2n) is 5.06. The highest BCUT2D eigenvalue weighted by Crippen LogP contribution is 2.17. The van der Waals surface area contributed by atoms with E-state index in [1.807, 2.05) is 0 Å². The number of nitrogens with one attached hydrogen (secondary N) is 1. The third-order valence-corrected chi connectivity index (χ3v) is 3.75. The van der Waals surface area contributed by atoms with E-state index in [1.54, 1.807) is 0 Å². The van der Waals surface area contributed by atoms with E-state index in [9.17, 15) is 4.79 Å². The first-order chi connectivity index (χ1) is 9.31. The number of carbonyl (C=O) groups excluding carboxylic acids is 1. The van der Waals surface area contributed by atoms with Gasteiger partial charge in [0.1, 0.15) is 6.04 Å². The lowest BCUT2D eigenvalue weighted by Gasteiger charge is -2.32. The second kappa shape index (κ2) is 7.79. The largest absolute Gasteiger partial charge is 0.351 e. The van der Waals surface area contributed by atoms with Gasteiger partial charge in [-0.2, -0.15) is 0 Å². The molecule has 2 fully saturated rings. The van der Waals surface area contributed by atoms with Crippen LogP contribution in [0.3, 0.4) is 0 Å². The molecular weight excluding hydrogens is 248 g/mol. The number of likely N-dealkylation sites (N-methyl/N-ethyl adjacent to an activating group) is 1. The summed E-state index contributed by atoms with van der Waals surface area (Å²) in [5.74, 6) is -0.266. The van der Waals surface area contributed by atoms with Gasteiger partial charge in [0.15, 0.2) is 6.29 Å². The van der Waals surface area contributed by atoms with Crippen molar-refractivity contribution in [3.8, 4) is 0 Å². The molecular formula is C13H24N2O4. The van der Waals surface area contributed by atoms with Gasteiger partial charge in [-0.05, 0) is 44.4 Å². The maximum absolute atomic E-state index is 12.0. The number of rotatable bonds is 5. The summed E-state index contributed by atoms with van der Waals surface area (Å²) in [5, 5.41) is 0. The summed E-state index contributed by atoms with van der Waals surface area (Å²) >= 11 is 0. The first-order valence-electron chi connectivity index (χ1n) is 7.28. The van der Waals surface area contributed by atoms with Gasteiger partial charge in [-0.25, -0.2) is 9.63 Å². The average Bonchev–Trinajstić information content (AvgIpc) is 2.48. The van der Waals surface area contributed by atoms with Gasteiger partial charge in [-0.3, -0.25) is 4.90 Å². The predicted molar refractivity (Wildman–Crippen MR) is 68.8 cm³/mol. The van der Waals surface area contributed by atoms with Gasteiger partial charge in [0.2, 0.25) is 0 Å². The molecule has 0 saturated carbocycles. The number of likely N-dealkylation sites (tertiary alicyclic amines) is 1. The number of hydrogen-bond acceptors (Lipinski definition) is 6. The highest BCUT2D eigenvalue weighted by atomic mass is 17.0. The van der Waals surface area contributed by atoms with E-state index in [0.717, 1.165) is 51.6 Å². The van der Waals surface area contributed by atoms with Crippen LogP contribution in [0.15, 0.2) is 0 Å². The van der Waals surface area contributed by atoms with Crippen molar-refractivity contribution < 1.29 is 19.2 Å². The lowest BCUT2D eigenvalue weighted by Crippen LogP contribution is -2.46. The van der Waals surface area contributed by atoms with Crippen LogP contribution in [-0.2, 0) is 19.2 Å². The van der Waals surface area contributed by atoms with E-state index in [0.29, 0.717) is 6.61 Å². The molecule has 19 heavy (non-hydrogen) atoms. The summed E-state index contributed by atoms with van der Waals surface area (Å²) in [6, 6.07) is -0.151. The Kier molecular flexibility index (Phi) is 6.03. The molecule has 2 saturated heterocycles. The number of piperidine rings is 1. The molecule has 0 amide bonds. The summed E-state index contributed by atoms with van der Waals surface area (Å²) in [7, 11) is 0. The first-order valence-corrected chi connectivity index (χ1v) is 7.28. The summed E-state index contributed by atoms with van der Waals surface area (Å²) in [6.07, 6.45) is 5.74.